The van der Waals surface area contributed by atoms with Gasteiger partial charge in [0.2, 0.25) is 0 Å². The molecule has 0 amide bonds. The van der Waals surface area contributed by atoms with E-state index in [1.807, 2.05) is 17.9 Å². The van der Waals surface area contributed by atoms with Crippen molar-refractivity contribution in [1.82, 2.24) is 14.8 Å². The summed E-state index contributed by atoms with van der Waals surface area (Å²) >= 11 is 1.62. The second-order valence-electron chi connectivity index (χ2n) is 2.02. The zero-order valence-electron chi connectivity index (χ0n) is 6.46. The fraction of sp³-hybridized carbons (Fsp3) is 0.667. The van der Waals surface area contributed by atoms with Crippen LogP contribution < -0.4 is 0 Å². The van der Waals surface area contributed by atoms with Gasteiger partial charge < -0.3 is 4.57 Å². The van der Waals surface area contributed by atoms with Crippen LogP contribution in [0.5, 0.6) is 0 Å². The number of aryl methyl sites for hydroxylation is 1. The highest BCUT2D eigenvalue weighted by Gasteiger charge is 2.03. The van der Waals surface area contributed by atoms with E-state index in [4.69, 9.17) is 0 Å². The van der Waals surface area contributed by atoms with E-state index in [0.29, 0.717) is 0 Å². The molecule has 56 valence electrons. The summed E-state index contributed by atoms with van der Waals surface area (Å²) in [6.45, 7) is 2.08. The molecule has 3 nitrogen and oxygen atoms in total. The summed E-state index contributed by atoms with van der Waals surface area (Å²) in [7, 11) is 1.99. The van der Waals surface area contributed by atoms with Crippen LogP contribution in [0, 0.1) is 0 Å². The molecule has 0 bridgehead atoms. The van der Waals surface area contributed by atoms with Gasteiger partial charge in [0.05, 0.1) is 0 Å². The average Bonchev–Trinajstić information content (AvgIpc) is 2.30. The molecule has 0 aliphatic rings. The van der Waals surface area contributed by atoms with Crippen molar-refractivity contribution in [2.75, 3.05) is 6.26 Å². The van der Waals surface area contributed by atoms with E-state index in [9.17, 15) is 0 Å². The van der Waals surface area contributed by atoms with Crippen molar-refractivity contribution >= 4 is 11.8 Å². The van der Waals surface area contributed by atoms with E-state index in [2.05, 4.69) is 17.1 Å². The lowest BCUT2D eigenvalue weighted by molar-refractivity contribution is 0.743. The molecule has 1 heterocycles. The Morgan fingerprint density at radius 3 is 2.50 bits per heavy atom. The average molecular weight is 157 g/mol. The van der Waals surface area contributed by atoms with E-state index in [1.165, 1.54) is 0 Å². The topological polar surface area (TPSA) is 30.7 Å². The number of hydrogen-bond acceptors (Lipinski definition) is 3. The Bertz CT molecular complexity index is 197. The molecule has 0 radical (unpaired) electrons. The Balaban J connectivity index is 2.97. The van der Waals surface area contributed by atoms with Crippen LogP contribution in [0.25, 0.3) is 0 Å². The monoisotopic (exact) mass is 157 g/mol. The molecule has 0 atom stereocenters. The number of nitrogens with zero attached hydrogens (tertiary/aromatic N) is 3. The van der Waals surface area contributed by atoms with Gasteiger partial charge in [-0.2, -0.15) is 0 Å². The third kappa shape index (κ3) is 1.16. The van der Waals surface area contributed by atoms with Gasteiger partial charge in [-0.3, -0.25) is 0 Å². The molecule has 0 saturated carbocycles. The molecule has 0 aromatic carbocycles. The summed E-state index contributed by atoms with van der Waals surface area (Å²) < 4.78 is 2.02. The van der Waals surface area contributed by atoms with Gasteiger partial charge in [0, 0.05) is 13.5 Å². The SMILES string of the molecule is CCc1nnc(SC)n1C. The number of hydrogen-bond donors (Lipinski definition) is 0. The van der Waals surface area contributed by atoms with Crippen LogP contribution in [0.3, 0.4) is 0 Å². The lowest BCUT2D eigenvalue weighted by Crippen LogP contribution is -1.96. The van der Waals surface area contributed by atoms with Crippen LogP contribution in [0.1, 0.15) is 12.7 Å². The van der Waals surface area contributed by atoms with Gasteiger partial charge in [-0.15, -0.1) is 10.2 Å². The third-order valence-electron chi connectivity index (χ3n) is 1.42. The Morgan fingerprint density at radius 2 is 2.20 bits per heavy atom. The van der Waals surface area contributed by atoms with E-state index < -0.39 is 0 Å². The second kappa shape index (κ2) is 3.05. The molecule has 0 saturated heterocycles. The maximum Gasteiger partial charge on any atom is 0.190 e. The molecule has 1 rings (SSSR count). The predicted molar refractivity (Wildman–Crippen MR) is 42.2 cm³/mol. The molecular formula is C6H11N3S. The minimum Gasteiger partial charge on any atom is -0.309 e. The smallest absolute Gasteiger partial charge is 0.190 e. The highest BCUT2D eigenvalue weighted by Crippen LogP contribution is 2.10. The molecule has 0 aliphatic carbocycles. The Hall–Kier alpha value is -0.510. The fourth-order valence-corrected chi connectivity index (χ4v) is 1.33. The molecule has 0 fully saturated rings. The second-order valence-corrected chi connectivity index (χ2v) is 2.79. The Morgan fingerprint density at radius 1 is 1.50 bits per heavy atom. The highest BCUT2D eigenvalue weighted by atomic mass is 32.2. The van der Waals surface area contributed by atoms with E-state index in [-0.39, 0.29) is 0 Å². The minimum atomic E-state index is 0.948. The van der Waals surface area contributed by atoms with Crippen molar-refractivity contribution in [3.8, 4) is 0 Å². The van der Waals surface area contributed by atoms with Crippen molar-refractivity contribution in [1.29, 1.82) is 0 Å². The Kier molecular flexibility index (Phi) is 2.32. The first-order valence-electron chi connectivity index (χ1n) is 3.21. The van der Waals surface area contributed by atoms with Crippen LogP contribution in [-0.4, -0.2) is 21.0 Å². The molecule has 1 aromatic heterocycles. The predicted octanol–water partition coefficient (Wildman–Crippen LogP) is 1.10. The van der Waals surface area contributed by atoms with E-state index in [1.54, 1.807) is 11.8 Å². The first-order chi connectivity index (χ1) is 4.79. The Labute approximate surface area is 64.8 Å². The lowest BCUT2D eigenvalue weighted by Gasteiger charge is -1.96. The molecular weight excluding hydrogens is 146 g/mol. The normalized spacial score (nSPS) is 10.3. The molecule has 0 unspecified atom stereocenters. The quantitative estimate of drug-likeness (QED) is 0.602. The van der Waals surface area contributed by atoms with Crippen molar-refractivity contribution in [2.24, 2.45) is 7.05 Å². The first kappa shape index (κ1) is 7.60. The molecule has 0 spiro atoms. The van der Waals surface area contributed by atoms with Crippen LogP contribution in [0.15, 0.2) is 5.16 Å². The summed E-state index contributed by atoms with van der Waals surface area (Å²) in [5.74, 6) is 1.05. The number of aromatic nitrogens is 3. The van der Waals surface area contributed by atoms with Gasteiger partial charge in [-0.05, 0) is 6.26 Å². The van der Waals surface area contributed by atoms with Crippen LogP contribution in [-0.2, 0) is 13.5 Å². The van der Waals surface area contributed by atoms with Crippen LogP contribution >= 0.6 is 11.8 Å². The largest absolute Gasteiger partial charge is 0.309 e. The summed E-state index contributed by atoms with van der Waals surface area (Å²) in [6.07, 6.45) is 2.95. The molecule has 10 heavy (non-hydrogen) atoms. The van der Waals surface area contributed by atoms with Gasteiger partial charge in [0.25, 0.3) is 0 Å². The summed E-state index contributed by atoms with van der Waals surface area (Å²) in [5.41, 5.74) is 0. The van der Waals surface area contributed by atoms with Crippen LogP contribution in [0.4, 0.5) is 0 Å². The van der Waals surface area contributed by atoms with E-state index >= 15 is 0 Å². The first-order valence-corrected chi connectivity index (χ1v) is 4.44. The molecule has 1 aromatic rings. The maximum atomic E-state index is 4.00. The van der Waals surface area contributed by atoms with Crippen molar-refractivity contribution in [3.63, 3.8) is 0 Å². The zero-order valence-corrected chi connectivity index (χ0v) is 7.27. The third-order valence-corrected chi connectivity index (χ3v) is 2.14. The van der Waals surface area contributed by atoms with Gasteiger partial charge in [-0.1, -0.05) is 18.7 Å². The van der Waals surface area contributed by atoms with Gasteiger partial charge in [0.15, 0.2) is 5.16 Å². The number of rotatable bonds is 2. The zero-order chi connectivity index (χ0) is 7.56. The maximum absolute atomic E-state index is 4.00. The van der Waals surface area contributed by atoms with Crippen molar-refractivity contribution in [3.05, 3.63) is 5.82 Å². The summed E-state index contributed by atoms with van der Waals surface area (Å²) in [5, 5.41) is 8.96. The summed E-state index contributed by atoms with van der Waals surface area (Å²) in [6, 6.07) is 0. The molecule has 4 heteroatoms. The highest BCUT2D eigenvalue weighted by molar-refractivity contribution is 7.98. The van der Waals surface area contributed by atoms with Gasteiger partial charge in [0.1, 0.15) is 5.82 Å². The van der Waals surface area contributed by atoms with Crippen LogP contribution in [0.2, 0.25) is 0 Å². The number of thioether (sulfide) groups is 1. The lowest BCUT2D eigenvalue weighted by atomic mass is 10.5. The summed E-state index contributed by atoms with van der Waals surface area (Å²) in [4.78, 5) is 0. The van der Waals surface area contributed by atoms with E-state index in [0.717, 1.165) is 17.4 Å². The van der Waals surface area contributed by atoms with Gasteiger partial charge in [-0.25, -0.2) is 0 Å². The minimum absolute atomic E-state index is 0.948. The molecule has 0 aliphatic heterocycles. The van der Waals surface area contributed by atoms with Crippen molar-refractivity contribution in [2.45, 2.75) is 18.5 Å². The molecule has 0 N–H and O–H groups in total. The van der Waals surface area contributed by atoms with Crippen molar-refractivity contribution < 1.29 is 0 Å². The van der Waals surface area contributed by atoms with Gasteiger partial charge >= 0.3 is 0 Å². The fourth-order valence-electron chi connectivity index (χ4n) is 0.831. The standard InChI is InChI=1S/C6H11N3S/c1-4-5-7-8-6(10-3)9(5)2/h4H2,1-3H3.